The van der Waals surface area contributed by atoms with Crippen molar-refractivity contribution in [1.29, 1.82) is 0 Å². The molecule has 0 aromatic heterocycles. The molecule has 0 aliphatic heterocycles. The highest BCUT2D eigenvalue weighted by Gasteiger charge is 2.19. The topological polar surface area (TPSA) is 82.1 Å². The molecule has 2 aromatic rings. The van der Waals surface area contributed by atoms with Crippen molar-refractivity contribution in [3.63, 3.8) is 0 Å². The summed E-state index contributed by atoms with van der Waals surface area (Å²) < 4.78 is 17.3. The Hall–Kier alpha value is -3.80. The Balaban J connectivity index is 2.01. The second kappa shape index (κ2) is 16.9. The minimum absolute atomic E-state index is 0.0195. The van der Waals surface area contributed by atoms with Gasteiger partial charge in [0.2, 0.25) is 0 Å². The molecule has 0 bridgehead atoms. The first kappa shape index (κ1) is 31.4. The maximum atomic E-state index is 12.8. The second-order valence-corrected chi connectivity index (χ2v) is 9.90. The van der Waals surface area contributed by atoms with Gasteiger partial charge in [-0.2, -0.15) is 0 Å². The second-order valence-electron chi connectivity index (χ2n) is 9.90. The van der Waals surface area contributed by atoms with Crippen molar-refractivity contribution in [2.24, 2.45) is 11.8 Å². The fourth-order valence-corrected chi connectivity index (χ4v) is 3.73. The number of esters is 1. The van der Waals surface area contributed by atoms with E-state index in [1.54, 1.807) is 6.92 Å². The molecule has 2 rings (SSSR count). The fraction of sp³-hybridized carbons (Fsp3) is 0.394. The molecule has 0 fully saturated rings. The largest absolute Gasteiger partial charge is 0.494 e. The van der Waals surface area contributed by atoms with E-state index in [4.69, 9.17) is 14.2 Å². The van der Waals surface area contributed by atoms with Crippen molar-refractivity contribution in [2.45, 2.75) is 59.5 Å². The zero-order valence-corrected chi connectivity index (χ0v) is 23.6. The average molecular weight is 535 g/mol. The van der Waals surface area contributed by atoms with Gasteiger partial charge in [-0.05, 0) is 69.7 Å². The van der Waals surface area contributed by atoms with Crippen molar-refractivity contribution in [2.75, 3.05) is 13.2 Å². The maximum absolute atomic E-state index is 12.8. The van der Waals surface area contributed by atoms with Crippen LogP contribution in [0.15, 0.2) is 85.0 Å². The number of carbonyl (C=O) groups is 2. The van der Waals surface area contributed by atoms with Crippen LogP contribution in [0.5, 0.6) is 11.5 Å². The zero-order chi connectivity index (χ0) is 28.6. The van der Waals surface area contributed by atoms with E-state index in [2.05, 4.69) is 13.5 Å². The molecule has 0 saturated heterocycles. The van der Waals surface area contributed by atoms with Crippen LogP contribution in [0.2, 0.25) is 0 Å². The Bertz CT molecular complexity index is 1100. The van der Waals surface area contributed by atoms with Crippen LogP contribution in [-0.2, 0) is 14.3 Å². The standard InChI is InChI=1S/C33H42O6/c1-6-24(2)10-7-8-11-27(5)31(33(35)36)22-32(34)39-30(23-38-29-19-15-26(4)16-20-29)12-9-21-37-28-17-13-25(3)14-18-28/h6,8,11,13-20,22,24,27,30H,1,7,9-10,12,21,23H2,2-5H3,(H,35,36)/b11-8+,31-22-. The van der Waals surface area contributed by atoms with E-state index < -0.39 is 24.0 Å². The van der Waals surface area contributed by atoms with Gasteiger partial charge in [-0.3, -0.25) is 0 Å². The molecule has 0 heterocycles. The SMILES string of the molecule is C=CC(C)CC/C=C/C(C)/C(=C/C(=O)OC(CCCOc1ccc(C)cc1)COc1ccc(C)cc1)C(=O)O. The first-order valence-corrected chi connectivity index (χ1v) is 13.5. The summed E-state index contributed by atoms with van der Waals surface area (Å²) in [7, 11) is 0. The van der Waals surface area contributed by atoms with Crippen molar-refractivity contribution in [3.05, 3.63) is 96.1 Å². The lowest BCUT2D eigenvalue weighted by Gasteiger charge is -2.19. The van der Waals surface area contributed by atoms with Crippen molar-refractivity contribution >= 4 is 11.9 Å². The summed E-state index contributed by atoms with van der Waals surface area (Å²) in [5.74, 6) is -0.466. The highest BCUT2D eigenvalue weighted by Crippen LogP contribution is 2.18. The number of carboxylic acid groups (broad SMARTS) is 1. The van der Waals surface area contributed by atoms with E-state index in [1.807, 2.05) is 80.6 Å². The van der Waals surface area contributed by atoms with Crippen LogP contribution < -0.4 is 9.47 Å². The number of carbonyl (C=O) groups excluding carboxylic acids is 1. The Morgan fingerprint density at radius 2 is 1.51 bits per heavy atom. The number of hydrogen-bond acceptors (Lipinski definition) is 5. The third-order valence-electron chi connectivity index (χ3n) is 6.33. The molecule has 3 atom stereocenters. The molecule has 3 unspecified atom stereocenters. The van der Waals surface area contributed by atoms with Crippen LogP contribution in [0.25, 0.3) is 0 Å². The monoisotopic (exact) mass is 534 g/mol. The van der Waals surface area contributed by atoms with E-state index in [0.717, 1.165) is 35.8 Å². The molecule has 0 amide bonds. The summed E-state index contributed by atoms with van der Waals surface area (Å²) in [6.45, 7) is 12.2. The summed E-state index contributed by atoms with van der Waals surface area (Å²) in [6.07, 6.45) is 9.00. The van der Waals surface area contributed by atoms with Gasteiger partial charge in [-0.15, -0.1) is 6.58 Å². The van der Waals surface area contributed by atoms with Gasteiger partial charge in [0.05, 0.1) is 12.2 Å². The molecular formula is C33H42O6. The number of aryl methyl sites for hydroxylation is 2. The number of allylic oxidation sites excluding steroid dienone is 3. The molecule has 1 N–H and O–H groups in total. The molecule has 0 saturated carbocycles. The van der Waals surface area contributed by atoms with Crippen molar-refractivity contribution in [3.8, 4) is 11.5 Å². The van der Waals surface area contributed by atoms with E-state index >= 15 is 0 Å². The van der Waals surface area contributed by atoms with Crippen LogP contribution in [0.4, 0.5) is 0 Å². The number of ether oxygens (including phenoxy) is 3. The third kappa shape index (κ3) is 12.5. The summed E-state index contributed by atoms with van der Waals surface area (Å²) in [4.78, 5) is 24.7. The molecule has 39 heavy (non-hydrogen) atoms. The number of carboxylic acids is 1. The Kier molecular flexibility index (Phi) is 13.6. The highest BCUT2D eigenvalue weighted by atomic mass is 16.6. The first-order chi connectivity index (χ1) is 18.7. The predicted molar refractivity (Wildman–Crippen MR) is 155 cm³/mol. The average Bonchev–Trinajstić information content (AvgIpc) is 2.92. The molecule has 210 valence electrons. The van der Waals surface area contributed by atoms with Gasteiger partial charge in [0, 0.05) is 12.0 Å². The first-order valence-electron chi connectivity index (χ1n) is 13.5. The van der Waals surface area contributed by atoms with E-state index in [1.165, 1.54) is 0 Å². The van der Waals surface area contributed by atoms with Gasteiger partial charge >= 0.3 is 11.9 Å². The summed E-state index contributed by atoms with van der Waals surface area (Å²) in [6, 6.07) is 15.4. The lowest BCUT2D eigenvalue weighted by Crippen LogP contribution is -2.26. The number of benzene rings is 2. The van der Waals surface area contributed by atoms with Crippen molar-refractivity contribution in [1.82, 2.24) is 0 Å². The zero-order valence-electron chi connectivity index (χ0n) is 23.6. The van der Waals surface area contributed by atoms with Crippen LogP contribution in [0, 0.1) is 25.7 Å². The highest BCUT2D eigenvalue weighted by molar-refractivity contribution is 5.96. The Morgan fingerprint density at radius 1 is 0.923 bits per heavy atom. The number of hydrogen-bond donors (Lipinski definition) is 1. The maximum Gasteiger partial charge on any atom is 0.332 e. The van der Waals surface area contributed by atoms with Crippen LogP contribution in [0.1, 0.15) is 50.7 Å². The normalized spacial score (nSPS) is 13.9. The summed E-state index contributed by atoms with van der Waals surface area (Å²) in [5.41, 5.74) is 2.25. The predicted octanol–water partition coefficient (Wildman–Crippen LogP) is 7.26. The molecule has 6 heteroatoms. The summed E-state index contributed by atoms with van der Waals surface area (Å²) >= 11 is 0. The van der Waals surface area contributed by atoms with Crippen molar-refractivity contribution < 1.29 is 28.9 Å². The lowest BCUT2D eigenvalue weighted by molar-refractivity contribution is -0.145. The smallest absolute Gasteiger partial charge is 0.332 e. The molecule has 0 radical (unpaired) electrons. The molecule has 2 aromatic carbocycles. The van der Waals surface area contributed by atoms with Crippen LogP contribution in [0.3, 0.4) is 0 Å². The molecule has 0 aliphatic rings. The Labute approximate surface area is 233 Å². The number of aliphatic carboxylic acids is 1. The fourth-order valence-electron chi connectivity index (χ4n) is 3.73. The third-order valence-corrected chi connectivity index (χ3v) is 6.33. The van der Waals surface area contributed by atoms with Crippen LogP contribution >= 0.6 is 0 Å². The molecule has 0 aliphatic carbocycles. The Morgan fingerprint density at radius 3 is 2.08 bits per heavy atom. The lowest BCUT2D eigenvalue weighted by atomic mass is 9.98. The minimum atomic E-state index is -1.15. The number of rotatable bonds is 17. The van der Waals surface area contributed by atoms with E-state index in [-0.39, 0.29) is 12.2 Å². The summed E-state index contributed by atoms with van der Waals surface area (Å²) in [5, 5.41) is 9.72. The van der Waals surface area contributed by atoms with Crippen LogP contribution in [-0.4, -0.2) is 36.4 Å². The van der Waals surface area contributed by atoms with Gasteiger partial charge in [-0.25, -0.2) is 9.59 Å². The molecular weight excluding hydrogens is 492 g/mol. The minimum Gasteiger partial charge on any atom is -0.494 e. The quantitative estimate of drug-likeness (QED) is 0.0995. The van der Waals surface area contributed by atoms with Gasteiger partial charge in [0.15, 0.2) is 0 Å². The molecule has 0 spiro atoms. The van der Waals surface area contributed by atoms with Gasteiger partial charge in [-0.1, -0.05) is 67.5 Å². The molecule has 6 nitrogen and oxygen atoms in total. The van der Waals surface area contributed by atoms with Gasteiger partial charge in [0.1, 0.15) is 24.2 Å². The van der Waals surface area contributed by atoms with Gasteiger partial charge in [0.25, 0.3) is 0 Å². The van der Waals surface area contributed by atoms with E-state index in [0.29, 0.717) is 31.1 Å². The van der Waals surface area contributed by atoms with Gasteiger partial charge < -0.3 is 19.3 Å². The van der Waals surface area contributed by atoms with E-state index in [9.17, 15) is 14.7 Å².